The SMILES string of the molecule is CCNC(=O)[C@H](Cc1ccccc1)N(Cc1c(Cl)cccc1Cl)C(=O)CCCOc1ccccc1. The van der Waals surface area contributed by atoms with Crippen molar-refractivity contribution in [3.63, 3.8) is 0 Å². The lowest BCUT2D eigenvalue weighted by molar-refractivity contribution is -0.141. The van der Waals surface area contributed by atoms with Crippen LogP contribution in [0, 0.1) is 0 Å². The molecule has 2 amide bonds. The number of carbonyl (C=O) groups is 2. The molecule has 3 rings (SSSR count). The lowest BCUT2D eigenvalue weighted by Gasteiger charge is -2.32. The maximum absolute atomic E-state index is 13.5. The third-order valence-electron chi connectivity index (χ3n) is 5.56. The van der Waals surface area contributed by atoms with Crippen LogP contribution >= 0.6 is 23.2 Å². The molecule has 1 atom stereocenters. The van der Waals surface area contributed by atoms with Crippen molar-refractivity contribution < 1.29 is 14.3 Å². The quantitative estimate of drug-likeness (QED) is 0.306. The van der Waals surface area contributed by atoms with Gasteiger partial charge >= 0.3 is 0 Å². The second-order valence-corrected chi connectivity index (χ2v) is 8.90. The molecule has 0 radical (unpaired) electrons. The zero-order valence-electron chi connectivity index (χ0n) is 19.8. The molecule has 7 heteroatoms. The summed E-state index contributed by atoms with van der Waals surface area (Å²) in [5.74, 6) is 0.377. The van der Waals surface area contributed by atoms with E-state index in [-0.39, 0.29) is 24.8 Å². The standard InChI is InChI=1S/C28H30Cl2N2O3/c1-2-31-28(34)26(19-21-11-5-3-6-12-21)32(20-23-24(29)15-9-16-25(23)30)27(33)17-10-18-35-22-13-7-4-8-14-22/h3-9,11-16,26H,2,10,17-20H2,1H3,(H,31,34)/t26-/m0/s1. The number of para-hydroxylation sites is 1. The van der Waals surface area contributed by atoms with Crippen LogP contribution in [0.25, 0.3) is 0 Å². The smallest absolute Gasteiger partial charge is 0.243 e. The molecular formula is C28H30Cl2N2O3. The first-order valence-electron chi connectivity index (χ1n) is 11.7. The molecule has 0 fully saturated rings. The summed E-state index contributed by atoms with van der Waals surface area (Å²) < 4.78 is 5.74. The second kappa shape index (κ2) is 13.8. The van der Waals surface area contributed by atoms with Crippen LogP contribution in [0.2, 0.25) is 10.0 Å². The van der Waals surface area contributed by atoms with Crippen LogP contribution in [0.15, 0.2) is 78.9 Å². The van der Waals surface area contributed by atoms with Gasteiger partial charge in [-0.3, -0.25) is 9.59 Å². The molecule has 0 aliphatic rings. The number of rotatable bonds is 12. The first kappa shape index (κ1) is 26.6. The van der Waals surface area contributed by atoms with Crippen LogP contribution in [0.4, 0.5) is 0 Å². The summed E-state index contributed by atoms with van der Waals surface area (Å²) in [4.78, 5) is 28.3. The van der Waals surface area contributed by atoms with Crippen LogP contribution < -0.4 is 10.1 Å². The van der Waals surface area contributed by atoms with Gasteiger partial charge in [-0.25, -0.2) is 0 Å². The number of ether oxygens (including phenoxy) is 1. The molecular weight excluding hydrogens is 483 g/mol. The molecule has 0 aromatic heterocycles. The maximum Gasteiger partial charge on any atom is 0.243 e. The first-order chi connectivity index (χ1) is 17.0. The van der Waals surface area contributed by atoms with Crippen molar-refractivity contribution in [1.29, 1.82) is 0 Å². The van der Waals surface area contributed by atoms with Crippen LogP contribution in [0.3, 0.4) is 0 Å². The van der Waals surface area contributed by atoms with Crippen LogP contribution in [0.1, 0.15) is 30.9 Å². The minimum absolute atomic E-state index is 0.130. The van der Waals surface area contributed by atoms with E-state index in [0.29, 0.717) is 41.6 Å². The molecule has 35 heavy (non-hydrogen) atoms. The largest absolute Gasteiger partial charge is 0.494 e. The molecule has 0 bridgehead atoms. The molecule has 0 aliphatic heterocycles. The fourth-order valence-electron chi connectivity index (χ4n) is 3.77. The van der Waals surface area contributed by atoms with E-state index >= 15 is 0 Å². The van der Waals surface area contributed by atoms with E-state index in [0.717, 1.165) is 11.3 Å². The minimum Gasteiger partial charge on any atom is -0.494 e. The van der Waals surface area contributed by atoms with Crippen molar-refractivity contribution in [2.24, 2.45) is 0 Å². The zero-order chi connectivity index (χ0) is 25.0. The predicted molar refractivity (Wildman–Crippen MR) is 141 cm³/mol. The van der Waals surface area contributed by atoms with Gasteiger partial charge in [-0.15, -0.1) is 0 Å². The average molecular weight is 513 g/mol. The Hall–Kier alpha value is -3.02. The van der Waals surface area contributed by atoms with Gasteiger partial charge in [0.2, 0.25) is 11.8 Å². The minimum atomic E-state index is -0.716. The maximum atomic E-state index is 13.5. The fraction of sp³-hybridized carbons (Fsp3) is 0.286. The molecule has 0 aliphatic carbocycles. The third kappa shape index (κ3) is 8.01. The summed E-state index contributed by atoms with van der Waals surface area (Å²) in [5.41, 5.74) is 1.58. The number of hydrogen-bond acceptors (Lipinski definition) is 3. The van der Waals surface area contributed by atoms with Crippen LogP contribution in [-0.4, -0.2) is 35.9 Å². The van der Waals surface area contributed by atoms with E-state index in [1.165, 1.54) is 0 Å². The Morgan fingerprint density at radius 1 is 0.914 bits per heavy atom. The van der Waals surface area contributed by atoms with Gasteiger partial charge < -0.3 is 15.0 Å². The summed E-state index contributed by atoms with van der Waals surface area (Å²) in [6.07, 6.45) is 1.11. The number of hydrogen-bond donors (Lipinski definition) is 1. The molecule has 0 heterocycles. The lowest BCUT2D eigenvalue weighted by Crippen LogP contribution is -2.50. The van der Waals surface area contributed by atoms with E-state index in [1.54, 1.807) is 23.1 Å². The third-order valence-corrected chi connectivity index (χ3v) is 6.27. The summed E-state index contributed by atoms with van der Waals surface area (Å²) in [6.45, 7) is 2.84. The highest BCUT2D eigenvalue weighted by molar-refractivity contribution is 6.36. The Balaban J connectivity index is 1.82. The van der Waals surface area contributed by atoms with E-state index in [2.05, 4.69) is 5.32 Å². The van der Waals surface area contributed by atoms with Crippen molar-refractivity contribution in [3.05, 3.63) is 100 Å². The Morgan fingerprint density at radius 3 is 2.17 bits per heavy atom. The molecule has 3 aromatic rings. The summed E-state index contributed by atoms with van der Waals surface area (Å²) in [6, 6.07) is 23.6. The molecule has 1 N–H and O–H groups in total. The van der Waals surface area contributed by atoms with Gasteiger partial charge in [0.05, 0.1) is 6.61 Å². The fourth-order valence-corrected chi connectivity index (χ4v) is 4.29. The topological polar surface area (TPSA) is 58.6 Å². The predicted octanol–water partition coefficient (Wildman–Crippen LogP) is 5.93. The summed E-state index contributed by atoms with van der Waals surface area (Å²) in [5, 5.41) is 3.79. The number of halogens is 2. The number of likely N-dealkylation sites (N-methyl/N-ethyl adjacent to an activating group) is 1. The van der Waals surface area contributed by atoms with Crippen molar-refractivity contribution >= 4 is 35.0 Å². The van der Waals surface area contributed by atoms with Crippen LogP contribution in [0.5, 0.6) is 5.75 Å². The van der Waals surface area contributed by atoms with Crippen molar-refractivity contribution in [1.82, 2.24) is 10.2 Å². The average Bonchev–Trinajstić information content (AvgIpc) is 2.87. The zero-order valence-corrected chi connectivity index (χ0v) is 21.3. The van der Waals surface area contributed by atoms with Crippen molar-refractivity contribution in [3.8, 4) is 5.75 Å². The Labute approximate surface area is 217 Å². The molecule has 0 unspecified atom stereocenters. The number of benzene rings is 3. The van der Waals surface area contributed by atoms with Gasteiger partial charge in [0.25, 0.3) is 0 Å². The number of nitrogens with zero attached hydrogens (tertiary/aromatic N) is 1. The van der Waals surface area contributed by atoms with Crippen molar-refractivity contribution in [2.75, 3.05) is 13.2 Å². The molecule has 0 spiro atoms. The Kier molecular flexibility index (Phi) is 10.5. The van der Waals surface area contributed by atoms with Gasteiger partial charge in [-0.2, -0.15) is 0 Å². The molecule has 184 valence electrons. The molecule has 5 nitrogen and oxygen atoms in total. The van der Waals surface area contributed by atoms with E-state index in [9.17, 15) is 9.59 Å². The Morgan fingerprint density at radius 2 is 1.54 bits per heavy atom. The van der Waals surface area contributed by atoms with E-state index < -0.39 is 6.04 Å². The normalized spacial score (nSPS) is 11.5. The van der Waals surface area contributed by atoms with Gasteiger partial charge in [0.1, 0.15) is 11.8 Å². The number of carbonyl (C=O) groups excluding carboxylic acids is 2. The summed E-state index contributed by atoms with van der Waals surface area (Å²) >= 11 is 12.9. The van der Waals surface area contributed by atoms with Crippen LogP contribution in [-0.2, 0) is 22.6 Å². The monoisotopic (exact) mass is 512 g/mol. The van der Waals surface area contributed by atoms with Gasteiger partial charge in [-0.1, -0.05) is 77.8 Å². The van der Waals surface area contributed by atoms with E-state index in [1.807, 2.05) is 67.6 Å². The van der Waals surface area contributed by atoms with E-state index in [4.69, 9.17) is 27.9 Å². The number of amides is 2. The summed E-state index contributed by atoms with van der Waals surface area (Å²) in [7, 11) is 0. The molecule has 3 aromatic carbocycles. The molecule has 0 saturated heterocycles. The highest BCUT2D eigenvalue weighted by atomic mass is 35.5. The Bertz CT molecular complexity index is 1070. The van der Waals surface area contributed by atoms with Gasteiger partial charge in [0, 0.05) is 41.5 Å². The highest BCUT2D eigenvalue weighted by Crippen LogP contribution is 2.27. The van der Waals surface area contributed by atoms with Crippen molar-refractivity contribution in [2.45, 2.75) is 38.8 Å². The van der Waals surface area contributed by atoms with Gasteiger partial charge in [-0.05, 0) is 43.2 Å². The van der Waals surface area contributed by atoms with Gasteiger partial charge in [0.15, 0.2) is 0 Å². The highest BCUT2D eigenvalue weighted by Gasteiger charge is 2.30. The number of nitrogens with one attached hydrogen (secondary N) is 1. The lowest BCUT2D eigenvalue weighted by atomic mass is 10.0. The molecule has 0 saturated carbocycles. The second-order valence-electron chi connectivity index (χ2n) is 8.09. The first-order valence-corrected chi connectivity index (χ1v) is 12.5.